The predicted octanol–water partition coefficient (Wildman–Crippen LogP) is 4.98. The zero-order valence-electron chi connectivity index (χ0n) is 16.2. The smallest absolute Gasteiger partial charge is 0.192 e. The first-order valence-corrected chi connectivity index (χ1v) is 9.05. The Bertz CT molecular complexity index is 852. The minimum absolute atomic E-state index is 0. The van der Waals surface area contributed by atoms with E-state index in [0.717, 1.165) is 34.7 Å². The Morgan fingerprint density at radius 3 is 2.63 bits per heavy atom. The number of hydrogen-bond acceptors (Lipinski definition) is 4. The number of furan rings is 1. The maximum Gasteiger partial charge on any atom is 0.192 e. The van der Waals surface area contributed by atoms with Crippen molar-refractivity contribution in [3.05, 3.63) is 53.6 Å². The monoisotopic (exact) mass is 482 g/mol. The summed E-state index contributed by atoms with van der Waals surface area (Å²) >= 11 is 0. The van der Waals surface area contributed by atoms with E-state index in [1.165, 1.54) is 0 Å². The number of para-hydroxylation sites is 1. The van der Waals surface area contributed by atoms with Gasteiger partial charge in [-0.3, -0.25) is 0 Å². The Kier molecular flexibility index (Phi) is 7.70. The van der Waals surface area contributed by atoms with Crippen molar-refractivity contribution in [1.82, 2.24) is 15.8 Å². The van der Waals surface area contributed by atoms with E-state index in [4.69, 9.17) is 8.94 Å². The lowest BCUT2D eigenvalue weighted by molar-refractivity contribution is 0.376. The molecule has 6 nitrogen and oxygen atoms in total. The van der Waals surface area contributed by atoms with Gasteiger partial charge in [-0.2, -0.15) is 0 Å². The largest absolute Gasteiger partial charge is 0.459 e. The molecular weight excluding hydrogens is 455 g/mol. The fourth-order valence-electron chi connectivity index (χ4n) is 2.64. The third-order valence-corrected chi connectivity index (χ3v) is 4.13. The van der Waals surface area contributed by atoms with Crippen LogP contribution in [0.15, 0.2) is 50.3 Å². The molecule has 0 bridgehead atoms. The van der Waals surface area contributed by atoms with E-state index in [9.17, 15) is 0 Å². The lowest BCUT2D eigenvalue weighted by atomic mass is 10.1. The van der Waals surface area contributed by atoms with Crippen molar-refractivity contribution in [2.24, 2.45) is 4.99 Å². The number of nitrogens with zero attached hydrogens (tertiary/aromatic N) is 2. The van der Waals surface area contributed by atoms with E-state index in [0.29, 0.717) is 18.4 Å². The number of benzene rings is 1. The third-order valence-electron chi connectivity index (χ3n) is 4.13. The molecule has 3 rings (SSSR count). The van der Waals surface area contributed by atoms with Crippen molar-refractivity contribution in [2.75, 3.05) is 6.54 Å². The molecule has 1 atom stereocenters. The minimum atomic E-state index is -0.0128. The van der Waals surface area contributed by atoms with Gasteiger partial charge in [0.15, 0.2) is 11.7 Å². The van der Waals surface area contributed by atoms with E-state index < -0.39 is 0 Å². The van der Waals surface area contributed by atoms with Gasteiger partial charge in [0.05, 0.1) is 11.7 Å². The second-order valence-electron chi connectivity index (χ2n) is 6.62. The van der Waals surface area contributed by atoms with Crippen LogP contribution in [-0.2, 0) is 6.54 Å². The molecule has 7 heteroatoms. The Balaban J connectivity index is 0.00000261. The number of halogens is 1. The van der Waals surface area contributed by atoms with Crippen LogP contribution in [0.4, 0.5) is 0 Å². The lowest BCUT2D eigenvalue weighted by Gasteiger charge is -2.15. The molecule has 0 saturated heterocycles. The first-order valence-electron chi connectivity index (χ1n) is 9.05. The molecule has 0 spiro atoms. The van der Waals surface area contributed by atoms with Crippen LogP contribution in [0.3, 0.4) is 0 Å². The van der Waals surface area contributed by atoms with Gasteiger partial charge < -0.3 is 19.6 Å². The second kappa shape index (κ2) is 9.77. The number of aromatic nitrogens is 1. The van der Waals surface area contributed by atoms with Crippen LogP contribution in [-0.4, -0.2) is 17.7 Å². The zero-order chi connectivity index (χ0) is 18.5. The summed E-state index contributed by atoms with van der Waals surface area (Å²) in [5, 5.41) is 11.8. The highest BCUT2D eigenvalue weighted by Crippen LogP contribution is 2.23. The Morgan fingerprint density at radius 1 is 1.19 bits per heavy atom. The highest BCUT2D eigenvalue weighted by Gasteiger charge is 2.13. The molecule has 0 aliphatic carbocycles. The number of fused-ring (bicyclic) bond motifs is 1. The van der Waals surface area contributed by atoms with E-state index in [-0.39, 0.29) is 30.0 Å². The van der Waals surface area contributed by atoms with Crippen LogP contribution in [0.25, 0.3) is 11.0 Å². The minimum Gasteiger partial charge on any atom is -0.459 e. The Morgan fingerprint density at radius 2 is 1.96 bits per heavy atom. The molecule has 2 N–H and O–H groups in total. The molecule has 0 aliphatic rings. The summed E-state index contributed by atoms with van der Waals surface area (Å²) in [4.78, 5) is 4.59. The second-order valence-corrected chi connectivity index (χ2v) is 6.62. The van der Waals surface area contributed by atoms with Gasteiger partial charge in [-0.25, -0.2) is 4.99 Å². The van der Waals surface area contributed by atoms with Gasteiger partial charge in [-0.05, 0) is 31.9 Å². The third kappa shape index (κ3) is 5.47. The first kappa shape index (κ1) is 21.3. The summed E-state index contributed by atoms with van der Waals surface area (Å²) in [5.74, 6) is 2.68. The molecule has 146 valence electrons. The number of aliphatic imine (C=N–C) groups is 1. The number of hydrogen-bond donors (Lipinski definition) is 2. The molecule has 27 heavy (non-hydrogen) atoms. The number of nitrogens with one attached hydrogen (secondary N) is 2. The molecule has 1 unspecified atom stereocenters. The van der Waals surface area contributed by atoms with Gasteiger partial charge in [-0.1, -0.05) is 37.2 Å². The van der Waals surface area contributed by atoms with Crippen molar-refractivity contribution in [2.45, 2.75) is 46.2 Å². The van der Waals surface area contributed by atoms with Crippen molar-refractivity contribution in [3.8, 4) is 0 Å². The Labute approximate surface area is 176 Å². The number of rotatable bonds is 6. The quantitative estimate of drug-likeness (QED) is 0.295. The molecule has 0 amide bonds. The van der Waals surface area contributed by atoms with Crippen LogP contribution in [0.1, 0.15) is 56.9 Å². The molecular formula is C20H27IN4O2. The maximum atomic E-state index is 5.93. The number of guanidine groups is 1. The van der Waals surface area contributed by atoms with Crippen LogP contribution in [0.2, 0.25) is 0 Å². The fourth-order valence-corrected chi connectivity index (χ4v) is 2.64. The van der Waals surface area contributed by atoms with Gasteiger partial charge >= 0.3 is 0 Å². The van der Waals surface area contributed by atoms with E-state index in [1.807, 2.05) is 37.3 Å². The predicted molar refractivity (Wildman–Crippen MR) is 119 cm³/mol. The van der Waals surface area contributed by atoms with Gasteiger partial charge in [0.25, 0.3) is 0 Å². The molecule has 0 fully saturated rings. The molecule has 0 aliphatic heterocycles. The molecule has 0 saturated carbocycles. The van der Waals surface area contributed by atoms with Gasteiger partial charge in [-0.15, -0.1) is 24.0 Å². The summed E-state index contributed by atoms with van der Waals surface area (Å²) in [6, 6.07) is 12.0. The van der Waals surface area contributed by atoms with Crippen molar-refractivity contribution in [3.63, 3.8) is 0 Å². The summed E-state index contributed by atoms with van der Waals surface area (Å²) in [6.45, 7) is 9.47. The van der Waals surface area contributed by atoms with E-state index >= 15 is 0 Å². The normalized spacial score (nSPS) is 12.9. The topological polar surface area (TPSA) is 75.6 Å². The fraction of sp³-hybridized carbons (Fsp3) is 0.400. The average Bonchev–Trinajstić information content (AvgIpc) is 3.26. The maximum absolute atomic E-state index is 5.93. The van der Waals surface area contributed by atoms with Crippen molar-refractivity contribution >= 4 is 40.9 Å². The van der Waals surface area contributed by atoms with Crippen LogP contribution in [0, 0.1) is 0 Å². The summed E-state index contributed by atoms with van der Waals surface area (Å²) in [7, 11) is 0. The molecule has 3 aromatic rings. The summed E-state index contributed by atoms with van der Waals surface area (Å²) in [6.07, 6.45) is 0. The van der Waals surface area contributed by atoms with Gasteiger partial charge in [0.2, 0.25) is 0 Å². The summed E-state index contributed by atoms with van der Waals surface area (Å²) < 4.78 is 11.3. The van der Waals surface area contributed by atoms with Crippen LogP contribution in [0.5, 0.6) is 0 Å². The molecule has 1 aromatic carbocycles. The molecule has 2 heterocycles. The zero-order valence-corrected chi connectivity index (χ0v) is 18.5. The molecule has 0 radical (unpaired) electrons. The lowest BCUT2D eigenvalue weighted by Crippen LogP contribution is -2.38. The SMILES string of the molecule is CCNC(=NCc1cc(C(C)C)no1)NC(C)c1cc2ccccc2o1.I. The van der Waals surface area contributed by atoms with Crippen LogP contribution < -0.4 is 10.6 Å². The highest BCUT2D eigenvalue weighted by molar-refractivity contribution is 14.0. The summed E-state index contributed by atoms with van der Waals surface area (Å²) in [5.41, 5.74) is 1.84. The average molecular weight is 482 g/mol. The van der Waals surface area contributed by atoms with Gasteiger partial charge in [0, 0.05) is 18.0 Å². The first-order chi connectivity index (χ1) is 12.6. The van der Waals surface area contributed by atoms with E-state index in [2.05, 4.69) is 47.6 Å². The molecule has 2 aromatic heterocycles. The standard InChI is InChI=1S/C20H26N4O2.HI/c1-5-21-20(22-12-16-11-17(13(2)3)24-26-16)23-14(4)19-10-15-8-6-7-9-18(15)25-19;/h6-11,13-14H,5,12H2,1-4H3,(H2,21,22,23);1H. The van der Waals surface area contributed by atoms with Crippen molar-refractivity contribution < 1.29 is 8.94 Å². The van der Waals surface area contributed by atoms with E-state index in [1.54, 1.807) is 0 Å². The highest BCUT2D eigenvalue weighted by atomic mass is 127. The Hall–Kier alpha value is -2.03. The van der Waals surface area contributed by atoms with Crippen LogP contribution >= 0.6 is 24.0 Å². The van der Waals surface area contributed by atoms with Crippen molar-refractivity contribution in [1.29, 1.82) is 0 Å². The van der Waals surface area contributed by atoms with Gasteiger partial charge in [0.1, 0.15) is 17.9 Å².